The van der Waals surface area contributed by atoms with Crippen LogP contribution in [0.25, 0.3) is 0 Å². The number of benzene rings is 2. The maximum Gasteiger partial charge on any atom is 0.416 e. The van der Waals surface area contributed by atoms with Crippen molar-refractivity contribution >= 4 is 29.1 Å². The molecule has 33 heavy (non-hydrogen) atoms. The Balaban J connectivity index is 2.22. The van der Waals surface area contributed by atoms with Gasteiger partial charge in [-0.2, -0.15) is 13.2 Å². The number of hydrogen-bond donors (Lipinski definition) is 1. The fraction of sp³-hybridized carbons (Fsp3) is 0.400. The first-order chi connectivity index (χ1) is 15.6. The van der Waals surface area contributed by atoms with Crippen LogP contribution in [0, 0.1) is 5.92 Å². The standard InChI is InChI=1S/C25H26Cl2F3NO2/c1-3-6-17-14-20(16-7-5-8-19(27)13-16)22(15-9-11-18(26)12-10-15)31(24(17)33)21(4-2)23(32)25(28,29)30/h3,5,7-13,17,20-23,32H,1,4,6,14H2,2H3/t17-,20+,21-,22+,23?/m0/s1. The summed E-state index contributed by atoms with van der Waals surface area (Å²) < 4.78 is 40.9. The first kappa shape index (κ1) is 25.6. The van der Waals surface area contributed by atoms with E-state index in [1.165, 1.54) is 11.8 Å². The molecule has 0 bridgehead atoms. The summed E-state index contributed by atoms with van der Waals surface area (Å²) in [6.45, 7) is 5.26. The number of aliphatic hydroxyl groups is 1. The van der Waals surface area contributed by atoms with E-state index < -0.39 is 36.2 Å². The third-order valence-electron chi connectivity index (χ3n) is 6.24. The molecular weight excluding hydrogens is 474 g/mol. The molecule has 1 fully saturated rings. The molecule has 0 radical (unpaired) electrons. The van der Waals surface area contributed by atoms with Crippen LogP contribution in [0.5, 0.6) is 0 Å². The van der Waals surface area contributed by atoms with Crippen molar-refractivity contribution in [3.05, 3.63) is 82.4 Å². The van der Waals surface area contributed by atoms with Gasteiger partial charge in [0.25, 0.3) is 0 Å². The molecule has 3 nitrogen and oxygen atoms in total. The Morgan fingerprint density at radius 1 is 1.15 bits per heavy atom. The molecule has 178 valence electrons. The number of aliphatic hydroxyl groups excluding tert-OH is 1. The predicted octanol–water partition coefficient (Wildman–Crippen LogP) is 6.94. The first-order valence-electron chi connectivity index (χ1n) is 10.8. The van der Waals surface area contributed by atoms with Crippen molar-refractivity contribution in [2.45, 2.75) is 56.5 Å². The Hall–Kier alpha value is -2.02. The fourth-order valence-corrected chi connectivity index (χ4v) is 5.07. The van der Waals surface area contributed by atoms with Crippen molar-refractivity contribution in [2.75, 3.05) is 0 Å². The second-order valence-electron chi connectivity index (χ2n) is 8.32. The highest BCUT2D eigenvalue weighted by Crippen LogP contribution is 2.48. The second-order valence-corrected chi connectivity index (χ2v) is 9.20. The lowest BCUT2D eigenvalue weighted by Gasteiger charge is -2.49. The summed E-state index contributed by atoms with van der Waals surface area (Å²) in [5.74, 6) is -1.34. The van der Waals surface area contributed by atoms with E-state index in [9.17, 15) is 23.1 Å². The molecule has 1 aliphatic heterocycles. The van der Waals surface area contributed by atoms with Crippen LogP contribution in [0.1, 0.15) is 49.3 Å². The van der Waals surface area contributed by atoms with E-state index in [1.807, 2.05) is 6.07 Å². The average molecular weight is 500 g/mol. The molecular formula is C25H26Cl2F3NO2. The summed E-state index contributed by atoms with van der Waals surface area (Å²) in [6.07, 6.45) is -5.29. The lowest BCUT2D eigenvalue weighted by molar-refractivity contribution is -0.226. The first-order valence-corrected chi connectivity index (χ1v) is 11.5. The third-order valence-corrected chi connectivity index (χ3v) is 6.73. The summed E-state index contributed by atoms with van der Waals surface area (Å²) in [7, 11) is 0. The van der Waals surface area contributed by atoms with Gasteiger partial charge in [-0.3, -0.25) is 4.79 Å². The summed E-state index contributed by atoms with van der Waals surface area (Å²) in [4.78, 5) is 14.8. The van der Waals surface area contributed by atoms with Crippen molar-refractivity contribution in [1.29, 1.82) is 0 Å². The highest BCUT2D eigenvalue weighted by molar-refractivity contribution is 6.30. The van der Waals surface area contributed by atoms with Gasteiger partial charge in [0.2, 0.25) is 5.91 Å². The van der Waals surface area contributed by atoms with Crippen LogP contribution < -0.4 is 0 Å². The molecule has 1 unspecified atom stereocenters. The molecule has 1 heterocycles. The van der Waals surface area contributed by atoms with E-state index in [1.54, 1.807) is 48.5 Å². The largest absolute Gasteiger partial charge is 0.416 e. The van der Waals surface area contributed by atoms with E-state index >= 15 is 0 Å². The maximum absolute atomic E-state index is 13.6. The van der Waals surface area contributed by atoms with Gasteiger partial charge in [0, 0.05) is 21.9 Å². The molecule has 0 spiro atoms. The number of halogens is 5. The number of allylic oxidation sites excluding steroid dienone is 1. The molecule has 3 rings (SSSR count). The number of amides is 1. The topological polar surface area (TPSA) is 40.5 Å². The molecule has 1 N–H and O–H groups in total. The molecule has 1 aliphatic rings. The van der Waals surface area contributed by atoms with E-state index in [0.717, 1.165) is 5.56 Å². The maximum atomic E-state index is 13.6. The molecule has 8 heteroatoms. The number of carbonyl (C=O) groups is 1. The molecule has 1 amide bonds. The zero-order valence-corrected chi connectivity index (χ0v) is 19.6. The van der Waals surface area contributed by atoms with Crippen molar-refractivity contribution in [3.8, 4) is 0 Å². The second kappa shape index (κ2) is 10.5. The molecule has 2 aromatic rings. The lowest BCUT2D eigenvalue weighted by Crippen LogP contribution is -2.57. The Bertz CT molecular complexity index is 980. The number of rotatable bonds is 7. The van der Waals surface area contributed by atoms with Gasteiger partial charge in [-0.05, 0) is 54.7 Å². The highest BCUT2D eigenvalue weighted by atomic mass is 35.5. The van der Waals surface area contributed by atoms with Crippen LogP contribution in [0.3, 0.4) is 0 Å². The van der Waals surface area contributed by atoms with Crippen LogP contribution in [-0.4, -0.2) is 34.2 Å². The summed E-state index contributed by atoms with van der Waals surface area (Å²) in [6, 6.07) is 11.7. The van der Waals surface area contributed by atoms with Gasteiger partial charge in [0.15, 0.2) is 6.10 Å². The molecule has 2 aromatic carbocycles. The quantitative estimate of drug-likeness (QED) is 0.419. The highest BCUT2D eigenvalue weighted by Gasteiger charge is 2.52. The number of piperidine rings is 1. The van der Waals surface area contributed by atoms with Crippen molar-refractivity contribution in [1.82, 2.24) is 4.90 Å². The van der Waals surface area contributed by atoms with Gasteiger partial charge in [-0.1, -0.05) is 60.5 Å². The third kappa shape index (κ3) is 5.56. The summed E-state index contributed by atoms with van der Waals surface area (Å²) in [5, 5.41) is 11.2. The molecule has 0 aliphatic carbocycles. The van der Waals surface area contributed by atoms with Gasteiger partial charge in [0.05, 0.1) is 12.1 Å². The number of nitrogens with zero attached hydrogens (tertiary/aromatic N) is 1. The minimum atomic E-state index is -4.87. The zero-order valence-electron chi connectivity index (χ0n) is 18.1. The minimum Gasteiger partial charge on any atom is -0.382 e. The summed E-state index contributed by atoms with van der Waals surface area (Å²) >= 11 is 12.3. The molecule has 0 aromatic heterocycles. The Morgan fingerprint density at radius 3 is 2.36 bits per heavy atom. The number of hydrogen-bond acceptors (Lipinski definition) is 2. The normalized spacial score (nSPS) is 23.3. The SMILES string of the molecule is C=CC[C@H]1C[C@H](c2cccc(Cl)c2)[C@@H](c2ccc(Cl)cc2)N([C@@H](CC)C(O)C(F)(F)F)C1=O. The monoisotopic (exact) mass is 499 g/mol. The van der Waals surface area contributed by atoms with Gasteiger partial charge in [-0.15, -0.1) is 6.58 Å². The Morgan fingerprint density at radius 2 is 1.82 bits per heavy atom. The number of likely N-dealkylation sites (tertiary alicyclic amines) is 1. The molecule has 1 saturated heterocycles. The Kier molecular flexibility index (Phi) is 8.14. The van der Waals surface area contributed by atoms with Crippen molar-refractivity contribution in [2.24, 2.45) is 5.92 Å². The zero-order chi connectivity index (χ0) is 24.3. The smallest absolute Gasteiger partial charge is 0.382 e. The average Bonchev–Trinajstić information content (AvgIpc) is 2.76. The lowest BCUT2D eigenvalue weighted by atomic mass is 9.74. The van der Waals surface area contributed by atoms with E-state index in [-0.39, 0.29) is 12.3 Å². The van der Waals surface area contributed by atoms with Gasteiger partial charge < -0.3 is 10.0 Å². The fourth-order valence-electron chi connectivity index (χ4n) is 4.74. The number of carbonyl (C=O) groups excluding carboxylic acids is 1. The van der Waals surface area contributed by atoms with Crippen molar-refractivity contribution in [3.63, 3.8) is 0 Å². The number of alkyl halides is 3. The van der Waals surface area contributed by atoms with E-state index in [4.69, 9.17) is 23.2 Å². The van der Waals surface area contributed by atoms with Crippen molar-refractivity contribution < 1.29 is 23.1 Å². The Labute approximate surface area is 201 Å². The van der Waals surface area contributed by atoms with Crippen LogP contribution in [0.2, 0.25) is 10.0 Å². The van der Waals surface area contributed by atoms with Crippen LogP contribution in [0.4, 0.5) is 13.2 Å². The van der Waals surface area contributed by atoms with Gasteiger partial charge >= 0.3 is 6.18 Å². The van der Waals surface area contributed by atoms with Gasteiger partial charge in [0.1, 0.15) is 0 Å². The summed E-state index contributed by atoms with van der Waals surface area (Å²) in [5.41, 5.74) is 1.45. The van der Waals surface area contributed by atoms with Gasteiger partial charge in [-0.25, -0.2) is 0 Å². The van der Waals surface area contributed by atoms with Crippen LogP contribution >= 0.6 is 23.2 Å². The molecule has 5 atom stereocenters. The van der Waals surface area contributed by atoms with Crippen LogP contribution in [0.15, 0.2) is 61.2 Å². The van der Waals surface area contributed by atoms with E-state index in [2.05, 4.69) is 6.58 Å². The predicted molar refractivity (Wildman–Crippen MR) is 124 cm³/mol. The van der Waals surface area contributed by atoms with Crippen LogP contribution in [-0.2, 0) is 4.79 Å². The van der Waals surface area contributed by atoms with E-state index in [0.29, 0.717) is 28.5 Å². The minimum absolute atomic E-state index is 0.0699. The molecule has 0 saturated carbocycles.